The number of nitrogens with zero attached hydrogens (tertiary/aromatic N) is 1. The lowest BCUT2D eigenvalue weighted by molar-refractivity contribution is -0.257. The molecule has 6 rings (SSSR count). The van der Waals surface area contributed by atoms with Gasteiger partial charge in [0.15, 0.2) is 0 Å². The number of nitrogens with one attached hydrogen (secondary N) is 1. The van der Waals surface area contributed by atoms with Crippen molar-refractivity contribution in [3.05, 3.63) is 12.2 Å². The van der Waals surface area contributed by atoms with E-state index in [4.69, 9.17) is 9.47 Å². The van der Waals surface area contributed by atoms with Crippen molar-refractivity contribution >= 4 is 17.8 Å². The zero-order chi connectivity index (χ0) is 32.6. The summed E-state index contributed by atoms with van der Waals surface area (Å²) in [5.74, 6) is 2.03. The van der Waals surface area contributed by atoms with Gasteiger partial charge in [-0.05, 0) is 117 Å². The Labute approximate surface area is 272 Å². The Balaban J connectivity index is 1.35. The van der Waals surface area contributed by atoms with Crippen molar-refractivity contribution in [2.75, 3.05) is 32.8 Å². The number of fused-ring (bicyclic) bond motifs is 7. The quantitative estimate of drug-likeness (QED) is 0.276. The monoisotopic (exact) mass is 624 g/mol. The van der Waals surface area contributed by atoms with E-state index < -0.39 is 5.41 Å². The van der Waals surface area contributed by atoms with E-state index in [-0.39, 0.29) is 39.7 Å². The van der Waals surface area contributed by atoms with Gasteiger partial charge >= 0.3 is 11.9 Å². The van der Waals surface area contributed by atoms with E-state index >= 15 is 0 Å². The number of carbonyl (C=O) groups excluding carboxylic acids is 3. The van der Waals surface area contributed by atoms with Gasteiger partial charge in [0.2, 0.25) is 5.91 Å². The highest BCUT2D eigenvalue weighted by molar-refractivity contribution is 5.84. The van der Waals surface area contributed by atoms with Gasteiger partial charge in [-0.15, -0.1) is 0 Å². The molecule has 5 aliphatic carbocycles. The largest absolute Gasteiger partial charge is 0.465 e. The van der Waals surface area contributed by atoms with Crippen molar-refractivity contribution in [2.45, 2.75) is 119 Å². The maximum atomic E-state index is 14.6. The first kappa shape index (κ1) is 33.0. The van der Waals surface area contributed by atoms with E-state index in [1.54, 1.807) is 0 Å². The average Bonchev–Trinajstić information content (AvgIpc) is 3.39. The van der Waals surface area contributed by atoms with Crippen molar-refractivity contribution in [1.29, 1.82) is 0 Å². The Kier molecular flexibility index (Phi) is 8.35. The second kappa shape index (κ2) is 11.4. The standard InChI is InChI=1S/C38H60N2O5/c1-24(2)27-11-16-38(33(43)40-21-19-39-20-22-40)18-17-36(7)28(32(27)38)9-10-30-34(5)14-13-31(45-26(4)42)35(6,23-44-25(3)41)29(34)12-15-37(30,36)8/h27-32,39H,1,9-23H2,2-8H3/t27-,28+,29+,30+,31-,32+,34-,35-,36+,37+,38-/m0/s1. The van der Waals surface area contributed by atoms with E-state index in [0.29, 0.717) is 42.1 Å². The summed E-state index contributed by atoms with van der Waals surface area (Å²) in [5, 5.41) is 3.44. The molecule has 6 fully saturated rings. The molecule has 1 N–H and O–H groups in total. The first-order valence-corrected chi connectivity index (χ1v) is 18.1. The van der Waals surface area contributed by atoms with Gasteiger partial charge in [-0.3, -0.25) is 14.4 Å². The molecule has 5 saturated carbocycles. The Bertz CT molecular complexity index is 1230. The second-order valence-corrected chi connectivity index (χ2v) is 17.3. The van der Waals surface area contributed by atoms with Gasteiger partial charge in [0.25, 0.3) is 0 Å². The topological polar surface area (TPSA) is 84.9 Å². The van der Waals surface area contributed by atoms with Gasteiger partial charge in [0, 0.05) is 45.4 Å². The van der Waals surface area contributed by atoms with Crippen LogP contribution in [0.2, 0.25) is 0 Å². The fourth-order valence-corrected chi connectivity index (χ4v) is 13.3. The number of hydrogen-bond acceptors (Lipinski definition) is 6. The summed E-state index contributed by atoms with van der Waals surface area (Å²) in [4.78, 5) is 41.1. The predicted molar refractivity (Wildman–Crippen MR) is 175 cm³/mol. The van der Waals surface area contributed by atoms with Crippen molar-refractivity contribution in [3.8, 4) is 0 Å². The van der Waals surface area contributed by atoms with Crippen LogP contribution in [0.4, 0.5) is 0 Å². The third kappa shape index (κ3) is 4.78. The SMILES string of the molecule is C=C(C)[C@@H]1CC[C@]2(C(=O)N3CCNCC3)CC[C@]3(C)[C@H](CC[C@@H]4[C@@]5(C)CC[C@H](OC(C)=O)[C@@](C)(COC(C)=O)[C@@H]5CC[C@]43C)[C@@H]12. The maximum Gasteiger partial charge on any atom is 0.302 e. The summed E-state index contributed by atoms with van der Waals surface area (Å²) in [6, 6.07) is 0. The number of rotatable bonds is 5. The number of allylic oxidation sites excluding steroid dienone is 1. The van der Waals surface area contributed by atoms with Crippen LogP contribution < -0.4 is 5.32 Å². The lowest BCUT2D eigenvalue weighted by Crippen LogP contribution is -2.68. The minimum Gasteiger partial charge on any atom is -0.465 e. The van der Waals surface area contributed by atoms with Gasteiger partial charge in [0.05, 0.1) is 5.41 Å². The number of esters is 2. The molecule has 0 aromatic heterocycles. The molecule has 0 aromatic carbocycles. The fraction of sp³-hybridized carbons (Fsp3) is 0.868. The first-order chi connectivity index (χ1) is 21.1. The highest BCUT2D eigenvalue weighted by atomic mass is 16.6. The second-order valence-electron chi connectivity index (χ2n) is 17.3. The van der Waals surface area contributed by atoms with Crippen LogP contribution in [0.1, 0.15) is 113 Å². The molecule has 6 aliphatic rings. The molecule has 7 heteroatoms. The predicted octanol–water partition coefficient (Wildman–Crippen LogP) is 6.55. The molecule has 11 atom stereocenters. The van der Waals surface area contributed by atoms with E-state index in [9.17, 15) is 14.4 Å². The lowest BCUT2D eigenvalue weighted by Gasteiger charge is -2.73. The lowest BCUT2D eigenvalue weighted by atomic mass is 9.32. The highest BCUT2D eigenvalue weighted by Gasteiger charge is 2.72. The van der Waals surface area contributed by atoms with Crippen LogP contribution in [0.25, 0.3) is 0 Å². The number of piperazine rings is 1. The highest BCUT2D eigenvalue weighted by Crippen LogP contribution is 2.77. The first-order valence-electron chi connectivity index (χ1n) is 18.1. The third-order valence-electron chi connectivity index (χ3n) is 15.5. The molecule has 252 valence electrons. The summed E-state index contributed by atoms with van der Waals surface area (Å²) < 4.78 is 11.7. The molecular formula is C38H60N2O5. The van der Waals surface area contributed by atoms with E-state index in [1.165, 1.54) is 25.8 Å². The molecule has 0 bridgehead atoms. The van der Waals surface area contributed by atoms with Crippen molar-refractivity contribution in [1.82, 2.24) is 10.2 Å². The molecule has 1 saturated heterocycles. The summed E-state index contributed by atoms with van der Waals surface area (Å²) in [7, 11) is 0. The number of ether oxygens (including phenoxy) is 2. The van der Waals surface area contributed by atoms with E-state index in [0.717, 1.165) is 84.0 Å². The van der Waals surface area contributed by atoms with Crippen LogP contribution in [-0.2, 0) is 23.9 Å². The molecular weight excluding hydrogens is 564 g/mol. The van der Waals surface area contributed by atoms with Gasteiger partial charge in [-0.1, -0.05) is 39.8 Å². The van der Waals surface area contributed by atoms with Crippen molar-refractivity contribution < 1.29 is 23.9 Å². The van der Waals surface area contributed by atoms with E-state index in [1.807, 2.05) is 0 Å². The number of carbonyl (C=O) groups is 3. The van der Waals surface area contributed by atoms with Gasteiger partial charge < -0.3 is 19.7 Å². The Morgan fingerprint density at radius 1 is 0.800 bits per heavy atom. The molecule has 0 unspecified atom stereocenters. The van der Waals surface area contributed by atoms with Crippen LogP contribution in [0.3, 0.4) is 0 Å². The average molecular weight is 625 g/mol. The normalized spacial score (nSPS) is 47.4. The van der Waals surface area contributed by atoms with E-state index in [2.05, 4.69) is 51.4 Å². The summed E-state index contributed by atoms with van der Waals surface area (Å²) in [5.41, 5.74) is 0.939. The Morgan fingerprint density at radius 2 is 1.51 bits per heavy atom. The molecule has 7 nitrogen and oxygen atoms in total. The molecule has 0 aromatic rings. The van der Waals surface area contributed by atoms with Crippen LogP contribution in [0.15, 0.2) is 12.2 Å². The van der Waals surface area contributed by atoms with Gasteiger partial charge in [0.1, 0.15) is 12.7 Å². The smallest absolute Gasteiger partial charge is 0.302 e. The van der Waals surface area contributed by atoms with Crippen LogP contribution in [0, 0.1) is 56.7 Å². The summed E-state index contributed by atoms with van der Waals surface area (Å²) in [6.45, 7) is 23.4. The van der Waals surface area contributed by atoms with Crippen molar-refractivity contribution in [2.24, 2.45) is 56.7 Å². The zero-order valence-corrected chi connectivity index (χ0v) is 29.3. The molecule has 1 heterocycles. The molecule has 1 aliphatic heterocycles. The molecule has 1 amide bonds. The fourth-order valence-electron chi connectivity index (χ4n) is 13.3. The minimum absolute atomic E-state index is 0.0567. The number of hydrogen-bond donors (Lipinski definition) is 1. The zero-order valence-electron chi connectivity index (χ0n) is 29.3. The molecule has 0 radical (unpaired) electrons. The summed E-state index contributed by atoms with van der Waals surface area (Å²) in [6.07, 6.45) is 10.3. The maximum absolute atomic E-state index is 14.6. The minimum atomic E-state index is -0.419. The third-order valence-corrected chi connectivity index (χ3v) is 15.5. The summed E-state index contributed by atoms with van der Waals surface area (Å²) >= 11 is 0. The van der Waals surface area contributed by atoms with Crippen LogP contribution in [-0.4, -0.2) is 61.6 Å². The molecule has 45 heavy (non-hydrogen) atoms. The van der Waals surface area contributed by atoms with Crippen molar-refractivity contribution in [3.63, 3.8) is 0 Å². The van der Waals surface area contributed by atoms with Gasteiger partial charge in [-0.25, -0.2) is 0 Å². The van der Waals surface area contributed by atoms with Gasteiger partial charge in [-0.2, -0.15) is 0 Å². The van der Waals surface area contributed by atoms with Crippen LogP contribution >= 0.6 is 0 Å². The Hall–Kier alpha value is -1.89. The number of amides is 1. The Morgan fingerprint density at radius 3 is 2.16 bits per heavy atom. The molecule has 0 spiro atoms. The van der Waals surface area contributed by atoms with Crippen LogP contribution in [0.5, 0.6) is 0 Å².